The molecule has 1 heterocycles. The van der Waals surface area contributed by atoms with Crippen molar-refractivity contribution in [3.05, 3.63) is 58.6 Å². The van der Waals surface area contributed by atoms with Crippen molar-refractivity contribution in [2.24, 2.45) is 0 Å². The number of fused-ring (bicyclic) bond motifs is 1. The number of hydrogen-bond donors (Lipinski definition) is 1. The summed E-state index contributed by atoms with van der Waals surface area (Å²) in [6.07, 6.45) is 0.925. The number of amides is 1. The van der Waals surface area contributed by atoms with Gasteiger partial charge in [-0.1, -0.05) is 35.6 Å². The Balaban J connectivity index is 1.94. The van der Waals surface area contributed by atoms with Crippen LogP contribution in [0.25, 0.3) is 10.2 Å². The van der Waals surface area contributed by atoms with E-state index in [1.54, 1.807) is 11.3 Å². The number of carbonyl (C=O) groups excluding carboxylic acids is 1. The molecule has 3 aromatic rings. The van der Waals surface area contributed by atoms with Crippen LogP contribution in [-0.4, -0.2) is 38.1 Å². The summed E-state index contributed by atoms with van der Waals surface area (Å²) >= 11 is 5.06. The third-order valence-corrected chi connectivity index (χ3v) is 5.67. The van der Waals surface area contributed by atoms with Gasteiger partial charge in [-0.3, -0.25) is 9.69 Å². The number of nitrogens with one attached hydrogen (secondary N) is 1. The molecule has 0 aliphatic heterocycles. The Hall–Kier alpha value is -1.76. The fourth-order valence-electron chi connectivity index (χ4n) is 2.63. The highest BCUT2D eigenvalue weighted by Gasteiger charge is 2.22. The van der Waals surface area contributed by atoms with Gasteiger partial charge >= 0.3 is 0 Å². The van der Waals surface area contributed by atoms with Crippen molar-refractivity contribution >= 4 is 48.5 Å². The molecule has 1 aromatic heterocycles. The van der Waals surface area contributed by atoms with E-state index in [2.05, 4.69) is 35.0 Å². The second-order valence-electron chi connectivity index (χ2n) is 6.21. The number of nitrogens with zero attached hydrogens (tertiary/aromatic N) is 2. The van der Waals surface area contributed by atoms with Crippen LogP contribution in [-0.2, 0) is 0 Å². The molecule has 25 heavy (non-hydrogen) atoms. The molecule has 4 nitrogen and oxygen atoms in total. The van der Waals surface area contributed by atoms with Gasteiger partial charge in [0.15, 0.2) is 5.13 Å². The van der Waals surface area contributed by atoms with Crippen LogP contribution in [0.5, 0.6) is 0 Å². The maximum atomic E-state index is 13.2. The topological polar surface area (TPSA) is 37.6 Å². The highest BCUT2D eigenvalue weighted by atomic mass is 79.9. The number of halogens is 1. The van der Waals surface area contributed by atoms with E-state index in [0.717, 1.165) is 32.8 Å². The first kappa shape index (κ1) is 18.0. The summed E-state index contributed by atoms with van der Waals surface area (Å²) in [6.45, 7) is 1.66. The molecule has 1 amide bonds. The lowest BCUT2D eigenvalue weighted by atomic mass is 10.2. The standard InChI is InChI=1S/C19H20BrN3OS/c1-22(2)12-7-13-23(18(24)14-8-3-4-9-15(14)20)19-21-16-10-5-6-11-17(16)25-19/h3-6,8-11H,7,12-13H2,1-2H3/p+1. The van der Waals surface area contributed by atoms with Crippen LogP contribution in [0, 0.1) is 0 Å². The number of thiazole rings is 1. The van der Waals surface area contributed by atoms with E-state index in [9.17, 15) is 4.79 Å². The molecule has 6 heteroatoms. The van der Waals surface area contributed by atoms with Crippen LogP contribution in [0.3, 0.4) is 0 Å². The predicted octanol–water partition coefficient (Wildman–Crippen LogP) is 3.24. The summed E-state index contributed by atoms with van der Waals surface area (Å²) in [5, 5.41) is 0.760. The third kappa shape index (κ3) is 4.26. The van der Waals surface area contributed by atoms with Crippen LogP contribution in [0.4, 0.5) is 5.13 Å². The fourth-order valence-corrected chi connectivity index (χ4v) is 4.07. The van der Waals surface area contributed by atoms with Gasteiger partial charge in [-0.15, -0.1) is 0 Å². The van der Waals surface area contributed by atoms with Crippen LogP contribution in [0.15, 0.2) is 53.0 Å². The van der Waals surface area contributed by atoms with Gasteiger partial charge in [0, 0.05) is 17.4 Å². The third-order valence-electron chi connectivity index (χ3n) is 3.92. The SMILES string of the molecule is C[NH+](C)CCCN(C(=O)c1ccccc1Br)c1nc2ccccc2s1. The Kier molecular flexibility index (Phi) is 5.83. The zero-order chi connectivity index (χ0) is 17.8. The Morgan fingerprint density at radius 2 is 1.88 bits per heavy atom. The Morgan fingerprint density at radius 3 is 2.60 bits per heavy atom. The molecular weight excluding hydrogens is 398 g/mol. The van der Waals surface area contributed by atoms with Crippen molar-refractivity contribution in [3.63, 3.8) is 0 Å². The number of quaternary nitrogens is 1. The molecule has 0 aliphatic rings. The lowest BCUT2D eigenvalue weighted by molar-refractivity contribution is -0.858. The molecule has 0 unspecified atom stereocenters. The van der Waals surface area contributed by atoms with Gasteiger partial charge in [0.1, 0.15) is 0 Å². The Labute approximate surface area is 160 Å². The maximum Gasteiger partial charge on any atom is 0.261 e. The first-order chi connectivity index (χ1) is 12.1. The predicted molar refractivity (Wildman–Crippen MR) is 108 cm³/mol. The fraction of sp³-hybridized carbons (Fsp3) is 0.263. The second-order valence-corrected chi connectivity index (χ2v) is 8.07. The van der Waals surface area contributed by atoms with Gasteiger partial charge in [-0.05, 0) is 40.2 Å². The number of carbonyl (C=O) groups is 1. The summed E-state index contributed by atoms with van der Waals surface area (Å²) in [6, 6.07) is 15.6. The minimum absolute atomic E-state index is 0.0136. The monoisotopic (exact) mass is 418 g/mol. The van der Waals surface area contributed by atoms with E-state index in [4.69, 9.17) is 0 Å². The maximum absolute atomic E-state index is 13.2. The van der Waals surface area contributed by atoms with Crippen LogP contribution in [0.1, 0.15) is 16.8 Å². The van der Waals surface area contributed by atoms with Crippen molar-refractivity contribution in [3.8, 4) is 0 Å². The molecule has 0 saturated carbocycles. The van der Waals surface area contributed by atoms with Gasteiger partial charge in [0.25, 0.3) is 5.91 Å². The highest BCUT2D eigenvalue weighted by Crippen LogP contribution is 2.30. The number of anilines is 1. The number of hydrogen-bond acceptors (Lipinski definition) is 3. The van der Waals surface area contributed by atoms with E-state index in [0.29, 0.717) is 12.1 Å². The molecule has 0 atom stereocenters. The van der Waals surface area contributed by atoms with Crippen LogP contribution < -0.4 is 9.80 Å². The van der Waals surface area contributed by atoms with Crippen molar-refractivity contribution in [1.82, 2.24) is 4.98 Å². The molecule has 3 rings (SSSR count). The summed E-state index contributed by atoms with van der Waals surface area (Å²) in [5.41, 5.74) is 1.60. The summed E-state index contributed by atoms with van der Waals surface area (Å²) < 4.78 is 1.91. The first-order valence-electron chi connectivity index (χ1n) is 8.27. The van der Waals surface area contributed by atoms with Gasteiger partial charge in [0.2, 0.25) is 0 Å². The molecule has 0 spiro atoms. The molecule has 0 aliphatic carbocycles. The number of rotatable bonds is 6. The van der Waals surface area contributed by atoms with Crippen molar-refractivity contribution in [1.29, 1.82) is 0 Å². The lowest BCUT2D eigenvalue weighted by Crippen LogP contribution is -3.05. The summed E-state index contributed by atoms with van der Waals surface area (Å²) in [4.78, 5) is 21.0. The van der Waals surface area contributed by atoms with Gasteiger partial charge < -0.3 is 4.90 Å². The minimum atomic E-state index is -0.0136. The van der Waals surface area contributed by atoms with E-state index in [1.807, 2.05) is 53.4 Å². The second kappa shape index (κ2) is 8.08. The van der Waals surface area contributed by atoms with Crippen LogP contribution in [0.2, 0.25) is 0 Å². The lowest BCUT2D eigenvalue weighted by Gasteiger charge is -2.21. The smallest absolute Gasteiger partial charge is 0.261 e. The van der Waals surface area contributed by atoms with Crippen molar-refractivity contribution in [2.75, 3.05) is 32.1 Å². The molecule has 0 saturated heterocycles. The summed E-state index contributed by atoms with van der Waals surface area (Å²) in [7, 11) is 4.25. The zero-order valence-corrected chi connectivity index (χ0v) is 16.7. The zero-order valence-electron chi connectivity index (χ0n) is 14.3. The molecule has 0 radical (unpaired) electrons. The van der Waals surface area contributed by atoms with Crippen molar-refractivity contribution in [2.45, 2.75) is 6.42 Å². The number of benzene rings is 2. The number of para-hydroxylation sites is 1. The Morgan fingerprint density at radius 1 is 1.16 bits per heavy atom. The van der Waals surface area contributed by atoms with Gasteiger partial charge in [-0.2, -0.15) is 0 Å². The highest BCUT2D eigenvalue weighted by molar-refractivity contribution is 9.10. The molecule has 1 N–H and O–H groups in total. The average Bonchev–Trinajstić information content (AvgIpc) is 3.02. The van der Waals surface area contributed by atoms with Crippen LogP contribution >= 0.6 is 27.3 Å². The molecule has 2 aromatic carbocycles. The van der Waals surface area contributed by atoms with Crippen molar-refractivity contribution < 1.29 is 9.69 Å². The van der Waals surface area contributed by atoms with E-state index in [1.165, 1.54) is 4.90 Å². The van der Waals surface area contributed by atoms with E-state index >= 15 is 0 Å². The first-order valence-corrected chi connectivity index (χ1v) is 9.88. The minimum Gasteiger partial charge on any atom is -0.340 e. The molecule has 0 bridgehead atoms. The average molecular weight is 419 g/mol. The summed E-state index contributed by atoms with van der Waals surface area (Å²) in [5.74, 6) is -0.0136. The largest absolute Gasteiger partial charge is 0.340 e. The van der Waals surface area contributed by atoms with Gasteiger partial charge in [-0.25, -0.2) is 4.98 Å². The van der Waals surface area contributed by atoms with Gasteiger partial charge in [0.05, 0.1) is 36.4 Å². The number of aromatic nitrogens is 1. The quantitative estimate of drug-likeness (QED) is 0.666. The molecule has 0 fully saturated rings. The Bertz CT molecular complexity index is 845. The molecular formula is C19H21BrN3OS+. The molecule has 130 valence electrons. The van der Waals surface area contributed by atoms with E-state index in [-0.39, 0.29) is 5.91 Å². The normalized spacial score (nSPS) is 11.2. The van der Waals surface area contributed by atoms with E-state index < -0.39 is 0 Å².